The summed E-state index contributed by atoms with van der Waals surface area (Å²) in [7, 11) is 0. The maximum atomic E-state index is 11.9. The minimum atomic E-state index is -0.175. The van der Waals surface area contributed by atoms with Crippen LogP contribution in [0.5, 0.6) is 0 Å². The summed E-state index contributed by atoms with van der Waals surface area (Å²) >= 11 is 5.96. The number of pyridine rings is 1. The number of halogens is 1. The van der Waals surface area contributed by atoms with Gasteiger partial charge in [0.25, 0.3) is 0 Å². The summed E-state index contributed by atoms with van der Waals surface area (Å²) < 4.78 is 0. The van der Waals surface area contributed by atoms with Crippen LogP contribution in [0, 0.1) is 5.92 Å². The summed E-state index contributed by atoms with van der Waals surface area (Å²) in [5.74, 6) is 1.83. The van der Waals surface area contributed by atoms with Crippen LogP contribution in [0.3, 0.4) is 0 Å². The third kappa shape index (κ3) is 6.14. The van der Waals surface area contributed by atoms with Crippen LogP contribution in [0.4, 0.5) is 10.6 Å². The minimum Gasteiger partial charge on any atom is -0.357 e. The highest BCUT2D eigenvalue weighted by Crippen LogP contribution is 2.21. The predicted molar refractivity (Wildman–Crippen MR) is 110 cm³/mol. The molecule has 0 saturated carbocycles. The van der Waals surface area contributed by atoms with Gasteiger partial charge in [0.15, 0.2) is 0 Å². The molecule has 1 aliphatic rings. The maximum absolute atomic E-state index is 11.9. The average molecular weight is 387 g/mol. The van der Waals surface area contributed by atoms with E-state index in [0.717, 1.165) is 42.4 Å². The number of amides is 2. The number of nitrogens with one attached hydrogen (secondary N) is 2. The number of aromatic nitrogens is 1. The van der Waals surface area contributed by atoms with Gasteiger partial charge in [-0.3, -0.25) is 0 Å². The molecule has 2 heterocycles. The van der Waals surface area contributed by atoms with E-state index >= 15 is 0 Å². The van der Waals surface area contributed by atoms with Gasteiger partial charge in [-0.1, -0.05) is 36.7 Å². The van der Waals surface area contributed by atoms with Crippen molar-refractivity contribution >= 4 is 23.4 Å². The van der Waals surface area contributed by atoms with E-state index in [2.05, 4.69) is 27.4 Å². The number of benzene rings is 1. The fourth-order valence-corrected chi connectivity index (χ4v) is 3.42. The lowest BCUT2D eigenvalue weighted by atomic mass is 9.99. The Morgan fingerprint density at radius 1 is 1.19 bits per heavy atom. The van der Waals surface area contributed by atoms with Crippen molar-refractivity contribution in [2.75, 3.05) is 24.5 Å². The summed E-state index contributed by atoms with van der Waals surface area (Å²) in [6.07, 6.45) is 5.04. The second-order valence-corrected chi connectivity index (χ2v) is 7.62. The van der Waals surface area contributed by atoms with Gasteiger partial charge in [-0.25, -0.2) is 9.78 Å². The van der Waals surface area contributed by atoms with Gasteiger partial charge in [0.05, 0.1) is 0 Å². The molecule has 27 heavy (non-hydrogen) atoms. The molecule has 1 aromatic carbocycles. The van der Waals surface area contributed by atoms with Gasteiger partial charge < -0.3 is 15.5 Å². The summed E-state index contributed by atoms with van der Waals surface area (Å²) in [6.45, 7) is 5.48. The molecule has 0 unspecified atom stereocenters. The van der Waals surface area contributed by atoms with Gasteiger partial charge in [0.1, 0.15) is 5.82 Å². The lowest BCUT2D eigenvalue weighted by Gasteiger charge is -2.31. The summed E-state index contributed by atoms with van der Waals surface area (Å²) in [5.41, 5.74) is 2.10. The Hall–Kier alpha value is -2.27. The fraction of sp³-hybridized carbons (Fsp3) is 0.429. The third-order valence-corrected chi connectivity index (χ3v) is 5.19. The number of hydrogen-bond acceptors (Lipinski definition) is 3. The van der Waals surface area contributed by atoms with Crippen molar-refractivity contribution in [1.29, 1.82) is 0 Å². The Kier molecular flexibility index (Phi) is 6.93. The Balaban J connectivity index is 1.38. The van der Waals surface area contributed by atoms with Crippen molar-refractivity contribution in [2.45, 2.75) is 32.7 Å². The van der Waals surface area contributed by atoms with Gasteiger partial charge >= 0.3 is 6.03 Å². The van der Waals surface area contributed by atoms with E-state index in [0.29, 0.717) is 18.1 Å². The first-order valence-electron chi connectivity index (χ1n) is 9.56. The van der Waals surface area contributed by atoms with Crippen LogP contribution in [0.1, 0.15) is 30.9 Å². The molecule has 144 valence electrons. The molecule has 2 amide bonds. The molecule has 2 aromatic rings. The second-order valence-electron chi connectivity index (χ2n) is 7.18. The van der Waals surface area contributed by atoms with Gasteiger partial charge in [-0.05, 0) is 54.5 Å². The zero-order valence-electron chi connectivity index (χ0n) is 15.7. The first kappa shape index (κ1) is 19.5. The van der Waals surface area contributed by atoms with Crippen molar-refractivity contribution in [3.63, 3.8) is 0 Å². The standard InChI is InChI=1S/C21H27ClN4O/c1-16-8-11-26(12-9-16)20-6-5-18(14-24-20)15-25-21(27)23-10-7-17-3-2-4-19(22)13-17/h2-6,13-14,16H,7-12,15H2,1H3,(H2,23,25,27). The number of piperidine rings is 1. The monoisotopic (exact) mass is 386 g/mol. The van der Waals surface area contributed by atoms with E-state index in [4.69, 9.17) is 11.6 Å². The number of carbonyl (C=O) groups excluding carboxylic acids is 1. The van der Waals surface area contributed by atoms with Crippen LogP contribution in [-0.4, -0.2) is 30.6 Å². The van der Waals surface area contributed by atoms with Crippen molar-refractivity contribution in [2.24, 2.45) is 5.92 Å². The molecule has 1 fully saturated rings. The van der Waals surface area contributed by atoms with Crippen LogP contribution in [0.2, 0.25) is 5.02 Å². The third-order valence-electron chi connectivity index (χ3n) is 4.96. The van der Waals surface area contributed by atoms with E-state index in [1.807, 2.05) is 42.6 Å². The van der Waals surface area contributed by atoms with Crippen LogP contribution < -0.4 is 15.5 Å². The Labute approximate surface area is 166 Å². The zero-order chi connectivity index (χ0) is 19.1. The highest BCUT2D eigenvalue weighted by molar-refractivity contribution is 6.30. The molecular formula is C21H27ClN4O. The highest BCUT2D eigenvalue weighted by atomic mass is 35.5. The van der Waals surface area contributed by atoms with Gasteiger partial charge in [0, 0.05) is 37.4 Å². The molecule has 0 spiro atoms. The largest absolute Gasteiger partial charge is 0.357 e. The Bertz CT molecular complexity index is 742. The number of urea groups is 1. The average Bonchev–Trinajstić information content (AvgIpc) is 2.68. The molecule has 6 heteroatoms. The highest BCUT2D eigenvalue weighted by Gasteiger charge is 2.16. The van der Waals surface area contributed by atoms with Crippen LogP contribution in [0.25, 0.3) is 0 Å². The molecule has 0 atom stereocenters. The molecule has 0 bridgehead atoms. The molecule has 0 radical (unpaired) electrons. The summed E-state index contributed by atoms with van der Waals surface area (Å²) in [6, 6.07) is 11.6. The van der Waals surface area contributed by atoms with E-state index < -0.39 is 0 Å². The second kappa shape index (κ2) is 9.60. The molecule has 1 aromatic heterocycles. The van der Waals surface area contributed by atoms with E-state index in [-0.39, 0.29) is 6.03 Å². The number of hydrogen-bond donors (Lipinski definition) is 2. The van der Waals surface area contributed by atoms with Crippen molar-refractivity contribution in [3.8, 4) is 0 Å². The molecule has 3 rings (SSSR count). The lowest BCUT2D eigenvalue weighted by Crippen LogP contribution is -2.36. The van der Waals surface area contributed by atoms with Crippen LogP contribution in [0.15, 0.2) is 42.6 Å². The molecular weight excluding hydrogens is 360 g/mol. The van der Waals surface area contributed by atoms with Gasteiger partial charge in [-0.2, -0.15) is 0 Å². The van der Waals surface area contributed by atoms with E-state index in [1.165, 1.54) is 12.8 Å². The first-order chi connectivity index (χ1) is 13.1. The Morgan fingerprint density at radius 2 is 2.00 bits per heavy atom. The minimum absolute atomic E-state index is 0.175. The van der Waals surface area contributed by atoms with Crippen LogP contribution >= 0.6 is 11.6 Å². The summed E-state index contributed by atoms with van der Waals surface area (Å²) in [4.78, 5) is 18.8. The van der Waals surface area contributed by atoms with Crippen LogP contribution in [-0.2, 0) is 13.0 Å². The SMILES string of the molecule is CC1CCN(c2ccc(CNC(=O)NCCc3cccc(Cl)c3)cn2)CC1. The fourth-order valence-electron chi connectivity index (χ4n) is 3.20. The quantitative estimate of drug-likeness (QED) is 0.788. The lowest BCUT2D eigenvalue weighted by molar-refractivity contribution is 0.240. The van der Waals surface area contributed by atoms with E-state index in [9.17, 15) is 4.79 Å². The smallest absolute Gasteiger partial charge is 0.315 e. The number of carbonyl (C=O) groups is 1. The van der Waals surface area contributed by atoms with Crippen molar-refractivity contribution in [3.05, 3.63) is 58.7 Å². The van der Waals surface area contributed by atoms with Gasteiger partial charge in [0.2, 0.25) is 0 Å². The molecule has 0 aliphatic carbocycles. The molecule has 1 saturated heterocycles. The number of anilines is 1. The normalized spacial score (nSPS) is 14.8. The van der Waals surface area contributed by atoms with Crippen molar-refractivity contribution in [1.82, 2.24) is 15.6 Å². The maximum Gasteiger partial charge on any atom is 0.315 e. The number of nitrogens with zero attached hydrogens (tertiary/aromatic N) is 2. The topological polar surface area (TPSA) is 57.3 Å². The number of rotatable bonds is 6. The predicted octanol–water partition coefficient (Wildman–Crippen LogP) is 4.01. The molecule has 1 aliphatic heterocycles. The molecule has 5 nitrogen and oxygen atoms in total. The van der Waals surface area contributed by atoms with Gasteiger partial charge in [-0.15, -0.1) is 0 Å². The Morgan fingerprint density at radius 3 is 2.70 bits per heavy atom. The summed E-state index contributed by atoms with van der Waals surface area (Å²) in [5, 5.41) is 6.45. The molecule has 2 N–H and O–H groups in total. The van der Waals surface area contributed by atoms with E-state index in [1.54, 1.807) is 0 Å². The first-order valence-corrected chi connectivity index (χ1v) is 9.94. The van der Waals surface area contributed by atoms with Crippen molar-refractivity contribution < 1.29 is 4.79 Å². The zero-order valence-corrected chi connectivity index (χ0v) is 16.5.